The Kier molecular flexibility index (Phi) is 9.43. The number of rotatable bonds is 5. The van der Waals surface area contributed by atoms with Gasteiger partial charge in [-0.25, -0.2) is 9.78 Å². The van der Waals surface area contributed by atoms with Gasteiger partial charge in [0.2, 0.25) is 5.95 Å². The molecule has 0 bridgehead atoms. The molecule has 14 heteroatoms. The van der Waals surface area contributed by atoms with Crippen LogP contribution in [0.3, 0.4) is 0 Å². The molecular formula is C26H27F6N5O3. The lowest BCUT2D eigenvalue weighted by Gasteiger charge is -2.30. The predicted octanol–water partition coefficient (Wildman–Crippen LogP) is 5.50. The maximum Gasteiger partial charge on any atom is 0.490 e. The van der Waals surface area contributed by atoms with Crippen LogP contribution in [0, 0.1) is 0 Å². The van der Waals surface area contributed by atoms with E-state index in [1.807, 2.05) is 43.3 Å². The van der Waals surface area contributed by atoms with Crippen molar-refractivity contribution in [1.82, 2.24) is 15.3 Å². The molecule has 1 amide bonds. The molecule has 40 heavy (non-hydrogen) atoms. The van der Waals surface area contributed by atoms with Gasteiger partial charge >= 0.3 is 18.3 Å². The average Bonchev–Trinajstić information content (AvgIpc) is 2.88. The first-order chi connectivity index (χ1) is 18.7. The van der Waals surface area contributed by atoms with Gasteiger partial charge in [-0.3, -0.25) is 4.79 Å². The Morgan fingerprint density at radius 2 is 1.43 bits per heavy atom. The second-order valence-corrected chi connectivity index (χ2v) is 9.29. The standard InChI is InChI=1S/C24H26F3N5O.C2HF3O2/c1-32(2)21-18-8-4-6-10-20(18)30-23(31-21)29-16-13-11-15(12-14-16)28-22(33)17-7-3-5-9-19(17)24(25,26)27;3-2(4,5)1(6)7/h3-10,15-16H,11-14H2,1-2H3,(H,28,33)(H,29,30,31);(H,6,7). The van der Waals surface area contributed by atoms with Crippen molar-refractivity contribution in [3.8, 4) is 0 Å². The monoisotopic (exact) mass is 571 g/mol. The summed E-state index contributed by atoms with van der Waals surface area (Å²) in [5.41, 5.74) is -0.406. The zero-order chi connectivity index (χ0) is 29.7. The number of alkyl halides is 6. The van der Waals surface area contributed by atoms with Crippen LogP contribution < -0.4 is 15.5 Å². The summed E-state index contributed by atoms with van der Waals surface area (Å²) in [6.45, 7) is 0. The van der Waals surface area contributed by atoms with E-state index in [2.05, 4.69) is 20.6 Å². The number of anilines is 2. The number of fused-ring (bicyclic) bond motifs is 1. The Labute approximate surface area is 225 Å². The molecule has 2 aromatic carbocycles. The highest BCUT2D eigenvalue weighted by Crippen LogP contribution is 2.32. The molecule has 1 fully saturated rings. The van der Waals surface area contributed by atoms with E-state index in [9.17, 15) is 31.1 Å². The normalized spacial score (nSPS) is 17.4. The second kappa shape index (κ2) is 12.4. The summed E-state index contributed by atoms with van der Waals surface area (Å²) in [6.07, 6.45) is -6.84. The number of aromatic nitrogens is 2. The largest absolute Gasteiger partial charge is 0.490 e. The lowest BCUT2D eigenvalue weighted by atomic mass is 9.91. The number of carboxylic acids is 1. The number of aliphatic carboxylic acids is 1. The van der Waals surface area contributed by atoms with Crippen molar-refractivity contribution in [2.75, 3.05) is 24.3 Å². The van der Waals surface area contributed by atoms with Gasteiger partial charge in [0.05, 0.1) is 16.6 Å². The molecule has 8 nitrogen and oxygen atoms in total. The fourth-order valence-electron chi connectivity index (χ4n) is 4.22. The Hall–Kier alpha value is -4.10. The van der Waals surface area contributed by atoms with E-state index in [1.165, 1.54) is 18.2 Å². The number of nitrogens with zero attached hydrogens (tertiary/aromatic N) is 3. The predicted molar refractivity (Wildman–Crippen MR) is 136 cm³/mol. The van der Waals surface area contributed by atoms with E-state index in [0.29, 0.717) is 18.8 Å². The zero-order valence-corrected chi connectivity index (χ0v) is 21.5. The summed E-state index contributed by atoms with van der Waals surface area (Å²) in [7, 11) is 3.87. The summed E-state index contributed by atoms with van der Waals surface area (Å²) in [5, 5.41) is 14.3. The van der Waals surface area contributed by atoms with Gasteiger partial charge in [-0.2, -0.15) is 31.3 Å². The average molecular weight is 572 g/mol. The van der Waals surface area contributed by atoms with E-state index in [0.717, 1.165) is 35.6 Å². The number of halogens is 6. The minimum atomic E-state index is -5.08. The minimum absolute atomic E-state index is 0.122. The molecule has 3 aromatic rings. The van der Waals surface area contributed by atoms with E-state index in [4.69, 9.17) is 9.90 Å². The van der Waals surface area contributed by atoms with Crippen LogP contribution in [0.1, 0.15) is 41.6 Å². The number of amides is 1. The van der Waals surface area contributed by atoms with Crippen molar-refractivity contribution in [2.45, 2.75) is 50.1 Å². The van der Waals surface area contributed by atoms with Crippen LogP contribution in [-0.2, 0) is 11.0 Å². The molecule has 0 radical (unpaired) electrons. The summed E-state index contributed by atoms with van der Waals surface area (Å²) in [5.74, 6) is -2.07. The van der Waals surface area contributed by atoms with Gasteiger partial charge in [-0.15, -0.1) is 0 Å². The number of hydrogen-bond donors (Lipinski definition) is 3. The second-order valence-electron chi connectivity index (χ2n) is 9.29. The molecule has 1 aliphatic rings. The Morgan fingerprint density at radius 3 is 2.00 bits per heavy atom. The molecule has 3 N–H and O–H groups in total. The van der Waals surface area contributed by atoms with Crippen LogP contribution in [0.5, 0.6) is 0 Å². The SMILES string of the molecule is CN(C)c1nc(NC2CCC(NC(=O)c3ccccc3C(F)(F)F)CC2)nc2ccccc12.O=C(O)C(F)(F)F. The molecule has 0 unspecified atom stereocenters. The van der Waals surface area contributed by atoms with E-state index < -0.39 is 29.8 Å². The number of carboxylic acid groups (broad SMARTS) is 1. The van der Waals surface area contributed by atoms with Gasteiger partial charge in [0.1, 0.15) is 5.82 Å². The van der Waals surface area contributed by atoms with Gasteiger partial charge in [0, 0.05) is 31.6 Å². The van der Waals surface area contributed by atoms with Crippen molar-refractivity contribution < 1.29 is 41.0 Å². The van der Waals surface area contributed by atoms with Gasteiger partial charge in [-0.1, -0.05) is 24.3 Å². The zero-order valence-electron chi connectivity index (χ0n) is 21.5. The number of carbonyl (C=O) groups excluding carboxylic acids is 1. The highest BCUT2D eigenvalue weighted by Gasteiger charge is 2.38. The highest BCUT2D eigenvalue weighted by molar-refractivity contribution is 5.96. The summed E-state index contributed by atoms with van der Waals surface area (Å²) in [6, 6.07) is 12.6. The molecule has 0 saturated heterocycles. The van der Waals surface area contributed by atoms with Crippen LogP contribution in [0.25, 0.3) is 10.9 Å². The quantitative estimate of drug-likeness (QED) is 0.347. The molecule has 1 saturated carbocycles. The summed E-state index contributed by atoms with van der Waals surface area (Å²) >= 11 is 0. The first kappa shape index (κ1) is 30.4. The molecule has 1 aromatic heterocycles. The van der Waals surface area contributed by atoms with Crippen LogP contribution in [0.2, 0.25) is 0 Å². The molecule has 0 aliphatic heterocycles. The van der Waals surface area contributed by atoms with Crippen molar-refractivity contribution in [3.05, 3.63) is 59.7 Å². The first-order valence-corrected chi connectivity index (χ1v) is 12.1. The first-order valence-electron chi connectivity index (χ1n) is 12.1. The lowest BCUT2D eigenvalue weighted by molar-refractivity contribution is -0.192. The van der Waals surface area contributed by atoms with Crippen LogP contribution in [0.15, 0.2) is 48.5 Å². The van der Waals surface area contributed by atoms with Gasteiger partial charge in [-0.05, 0) is 49.9 Å². The number of para-hydroxylation sites is 1. The fraction of sp³-hybridized carbons (Fsp3) is 0.385. The molecular weight excluding hydrogens is 544 g/mol. The van der Waals surface area contributed by atoms with Crippen molar-refractivity contribution in [3.63, 3.8) is 0 Å². The van der Waals surface area contributed by atoms with Crippen molar-refractivity contribution in [1.29, 1.82) is 0 Å². The molecule has 0 spiro atoms. The third-order valence-corrected chi connectivity index (χ3v) is 6.12. The molecule has 4 rings (SSSR count). The maximum atomic E-state index is 13.2. The lowest BCUT2D eigenvalue weighted by Crippen LogP contribution is -2.40. The van der Waals surface area contributed by atoms with Crippen LogP contribution >= 0.6 is 0 Å². The fourth-order valence-corrected chi connectivity index (χ4v) is 4.22. The Balaban J connectivity index is 0.000000559. The third-order valence-electron chi connectivity index (χ3n) is 6.12. The van der Waals surface area contributed by atoms with Gasteiger partial charge in [0.15, 0.2) is 0 Å². The van der Waals surface area contributed by atoms with E-state index in [-0.39, 0.29) is 17.6 Å². The maximum absolute atomic E-state index is 13.2. The van der Waals surface area contributed by atoms with Crippen molar-refractivity contribution in [2.24, 2.45) is 0 Å². The van der Waals surface area contributed by atoms with Crippen LogP contribution in [-0.4, -0.2) is 59.3 Å². The smallest absolute Gasteiger partial charge is 0.475 e. The topological polar surface area (TPSA) is 107 Å². The minimum Gasteiger partial charge on any atom is -0.475 e. The van der Waals surface area contributed by atoms with Crippen molar-refractivity contribution >= 4 is 34.5 Å². The Morgan fingerprint density at radius 1 is 0.875 bits per heavy atom. The van der Waals surface area contributed by atoms with Gasteiger partial charge < -0.3 is 20.6 Å². The number of benzene rings is 2. The molecule has 216 valence electrons. The number of hydrogen-bond acceptors (Lipinski definition) is 6. The Bertz CT molecular complexity index is 1340. The molecule has 0 atom stereocenters. The summed E-state index contributed by atoms with van der Waals surface area (Å²) < 4.78 is 71.4. The third kappa shape index (κ3) is 7.96. The van der Waals surface area contributed by atoms with E-state index >= 15 is 0 Å². The van der Waals surface area contributed by atoms with Crippen LogP contribution in [0.4, 0.5) is 38.1 Å². The molecule has 1 aliphatic carbocycles. The number of nitrogens with one attached hydrogen (secondary N) is 2. The van der Waals surface area contributed by atoms with Gasteiger partial charge in [0.25, 0.3) is 5.91 Å². The number of carbonyl (C=O) groups is 2. The molecule has 1 heterocycles. The van der Waals surface area contributed by atoms with E-state index in [1.54, 1.807) is 0 Å². The summed E-state index contributed by atoms with van der Waals surface area (Å²) in [4.78, 5) is 32.7. The highest BCUT2D eigenvalue weighted by atomic mass is 19.4.